The number of halogens is 10. The molecule has 0 bridgehead atoms. The van der Waals surface area contributed by atoms with E-state index in [1.54, 1.807) is 30.3 Å². The summed E-state index contributed by atoms with van der Waals surface area (Å²) in [5, 5.41) is 1.15. The van der Waals surface area contributed by atoms with E-state index in [0.717, 1.165) is 28.0 Å². The summed E-state index contributed by atoms with van der Waals surface area (Å²) in [6.45, 7) is 18.3. The molecular weight excluding hydrogens is 712 g/mol. The Balaban J connectivity index is 2.05. The van der Waals surface area contributed by atoms with Crippen LogP contribution in [0.4, 0.5) is 43.9 Å². The number of hydrogen-bond donors (Lipinski definition) is 0. The molecule has 278 valence electrons. The third-order valence-corrected chi connectivity index (χ3v) is 13.2. The minimum absolute atomic E-state index is 0.134. The van der Waals surface area contributed by atoms with Crippen LogP contribution in [0.2, 0.25) is 6.32 Å². The summed E-state index contributed by atoms with van der Waals surface area (Å²) in [4.78, 5) is 0. The Hall–Kier alpha value is -3.59. The molecule has 12 heteroatoms. The molecule has 1 unspecified atom stereocenters. The molecule has 0 nitrogen and oxygen atoms in total. The van der Waals surface area contributed by atoms with E-state index in [0.29, 0.717) is 5.56 Å². The minimum Gasteiger partial charge on any atom is -0.207 e. The SMILES string of the molecule is CC(C)(C)c1cc(C(C)(C)C)c([PH+]2CC[B-](c3c(F)c(F)c(F)c(F)c3F)(c3c(F)c(F)c(F)c(F)c3F)C=C2c2ccccc2)c(C(C)(C)C)c1. The van der Waals surface area contributed by atoms with Crippen molar-refractivity contribution in [1.29, 1.82) is 0 Å². The van der Waals surface area contributed by atoms with Gasteiger partial charge in [0.25, 0.3) is 0 Å². The van der Waals surface area contributed by atoms with Gasteiger partial charge in [0.05, 0.1) is 19.4 Å². The van der Waals surface area contributed by atoms with Crippen molar-refractivity contribution in [2.24, 2.45) is 0 Å². The van der Waals surface area contributed by atoms with Crippen LogP contribution in [0.3, 0.4) is 0 Å². The Morgan fingerprint density at radius 1 is 0.500 bits per heavy atom. The van der Waals surface area contributed by atoms with Crippen LogP contribution < -0.4 is 16.2 Å². The Morgan fingerprint density at radius 3 is 1.21 bits per heavy atom. The molecular formula is C40H40BF10P. The van der Waals surface area contributed by atoms with Gasteiger partial charge in [0, 0.05) is 22.9 Å². The molecule has 0 radical (unpaired) electrons. The molecule has 0 spiro atoms. The molecule has 1 heterocycles. The standard InChI is InChI=1S/C40H39BF10P/c1-38(2,3)21-17-22(39(4,5)6)37(23(18-21)40(7,8)9)52-16-15-41(19-24(52)20-13-11-10-12-14-20,25-27(42)31(46)35(50)32(47)28(25)43)26-29(44)33(48)36(51)34(49)30(26)45/h10-14,17-19H,15-16H2,1-9H3/q-1/p+1. The first kappa shape index (κ1) is 39.6. The second-order valence-corrected chi connectivity index (χ2v) is 19.2. The van der Waals surface area contributed by atoms with Crippen molar-refractivity contribution >= 4 is 35.6 Å². The summed E-state index contributed by atoms with van der Waals surface area (Å²) in [7, 11) is -2.23. The fraction of sp³-hybridized carbons (Fsp3) is 0.350. The second kappa shape index (κ2) is 13.4. The predicted molar refractivity (Wildman–Crippen MR) is 192 cm³/mol. The maximum Gasteiger partial charge on any atom is 0.200 e. The highest BCUT2D eigenvalue weighted by atomic mass is 31.1. The first-order chi connectivity index (χ1) is 23.9. The average Bonchev–Trinajstić information content (AvgIpc) is 3.07. The van der Waals surface area contributed by atoms with Crippen molar-refractivity contribution in [2.45, 2.75) is 84.9 Å². The van der Waals surface area contributed by atoms with Gasteiger partial charge < -0.3 is 0 Å². The van der Waals surface area contributed by atoms with Crippen LogP contribution in [0, 0.1) is 58.2 Å². The first-order valence-electron chi connectivity index (χ1n) is 16.9. The smallest absolute Gasteiger partial charge is 0.200 e. The number of rotatable bonds is 4. The molecule has 52 heavy (non-hydrogen) atoms. The van der Waals surface area contributed by atoms with E-state index in [2.05, 4.69) is 32.9 Å². The van der Waals surface area contributed by atoms with Gasteiger partial charge >= 0.3 is 0 Å². The van der Waals surface area contributed by atoms with Crippen LogP contribution in [-0.2, 0) is 16.2 Å². The Bertz CT molecular complexity index is 1940. The fourth-order valence-corrected chi connectivity index (χ4v) is 11.5. The first-order valence-corrected chi connectivity index (χ1v) is 18.6. The molecule has 0 aliphatic carbocycles. The quantitative estimate of drug-likeness (QED) is 0.0640. The van der Waals surface area contributed by atoms with E-state index in [1.165, 1.54) is 0 Å². The van der Waals surface area contributed by atoms with Gasteiger partial charge in [0.2, 0.25) is 0 Å². The van der Waals surface area contributed by atoms with Gasteiger partial charge in [-0.2, -0.15) is 5.98 Å². The van der Waals surface area contributed by atoms with Crippen LogP contribution >= 0.6 is 7.92 Å². The fourth-order valence-electron chi connectivity index (χ4n) is 7.45. The van der Waals surface area contributed by atoms with Gasteiger partial charge in [-0.3, -0.25) is 0 Å². The zero-order chi connectivity index (χ0) is 39.0. The van der Waals surface area contributed by atoms with E-state index in [-0.39, 0.29) is 16.9 Å². The number of hydrogen-bond acceptors (Lipinski definition) is 0. The van der Waals surface area contributed by atoms with Crippen LogP contribution in [0.15, 0.2) is 48.4 Å². The van der Waals surface area contributed by atoms with E-state index in [4.69, 9.17) is 0 Å². The van der Waals surface area contributed by atoms with Crippen molar-refractivity contribution in [3.05, 3.63) is 129 Å². The van der Waals surface area contributed by atoms with Crippen LogP contribution in [-0.4, -0.2) is 12.3 Å². The summed E-state index contributed by atoms with van der Waals surface area (Å²) < 4.78 is 153. The zero-order valence-electron chi connectivity index (χ0n) is 30.4. The average molecular weight is 753 g/mol. The third kappa shape index (κ3) is 6.49. The summed E-state index contributed by atoms with van der Waals surface area (Å²) in [6, 6.07) is 12.4. The monoisotopic (exact) mass is 752 g/mol. The highest BCUT2D eigenvalue weighted by Crippen LogP contribution is 2.58. The molecule has 1 aliphatic rings. The minimum atomic E-state index is -4.06. The molecule has 1 atom stereocenters. The molecule has 4 aromatic rings. The zero-order valence-corrected chi connectivity index (χ0v) is 31.4. The van der Waals surface area contributed by atoms with Gasteiger partial charge in [-0.05, 0) is 21.8 Å². The maximum atomic E-state index is 16.0. The molecule has 0 fully saturated rings. The molecule has 0 N–H and O–H groups in total. The molecule has 0 saturated carbocycles. The van der Waals surface area contributed by atoms with Gasteiger partial charge in [-0.25, -0.2) is 43.9 Å². The third-order valence-electron chi connectivity index (χ3n) is 10.2. The van der Waals surface area contributed by atoms with Crippen molar-refractivity contribution in [3.63, 3.8) is 0 Å². The number of benzene rings is 4. The molecule has 4 aromatic carbocycles. The Kier molecular flexibility index (Phi) is 10.2. The molecule has 0 amide bonds. The lowest BCUT2D eigenvalue weighted by Gasteiger charge is -2.44. The largest absolute Gasteiger partial charge is 0.207 e. The molecule has 5 rings (SSSR count). The van der Waals surface area contributed by atoms with E-state index in [9.17, 15) is 8.78 Å². The van der Waals surface area contributed by atoms with E-state index >= 15 is 35.1 Å². The normalized spacial score (nSPS) is 16.7. The topological polar surface area (TPSA) is 0 Å². The van der Waals surface area contributed by atoms with Crippen LogP contribution in [0.25, 0.3) is 5.31 Å². The van der Waals surface area contributed by atoms with E-state index in [1.807, 2.05) is 41.5 Å². The molecule has 0 aromatic heterocycles. The predicted octanol–water partition coefficient (Wildman–Crippen LogP) is 10.7. The molecule has 1 aliphatic heterocycles. The molecule has 0 saturated heterocycles. The lowest BCUT2D eigenvalue weighted by atomic mass is 9.16. The highest BCUT2D eigenvalue weighted by Gasteiger charge is 2.48. The van der Waals surface area contributed by atoms with Crippen LogP contribution in [0.5, 0.6) is 0 Å². The summed E-state index contributed by atoms with van der Waals surface area (Å²) in [6.07, 6.45) is -4.89. The van der Waals surface area contributed by atoms with Crippen molar-refractivity contribution in [1.82, 2.24) is 0 Å². The summed E-state index contributed by atoms with van der Waals surface area (Å²) >= 11 is 0. The van der Waals surface area contributed by atoms with Crippen LogP contribution in [0.1, 0.15) is 84.6 Å². The maximum absolute atomic E-state index is 16.0. The Labute approximate surface area is 299 Å². The van der Waals surface area contributed by atoms with Gasteiger partial charge in [0.15, 0.2) is 34.9 Å². The second-order valence-electron chi connectivity index (χ2n) is 16.7. The lowest BCUT2D eigenvalue weighted by molar-refractivity contribution is 0.381. The highest BCUT2D eigenvalue weighted by molar-refractivity contribution is 7.76. The Morgan fingerprint density at radius 2 is 0.865 bits per heavy atom. The van der Waals surface area contributed by atoms with E-state index < -0.39 is 100 Å². The lowest BCUT2D eigenvalue weighted by Crippen LogP contribution is -2.64. The van der Waals surface area contributed by atoms with Crippen molar-refractivity contribution < 1.29 is 43.9 Å². The van der Waals surface area contributed by atoms with Gasteiger partial charge in [-0.15, -0.1) is 17.2 Å². The summed E-state index contributed by atoms with van der Waals surface area (Å²) in [5.74, 6) is -23.3. The van der Waals surface area contributed by atoms with Gasteiger partial charge in [0.1, 0.15) is 28.6 Å². The van der Waals surface area contributed by atoms with Crippen molar-refractivity contribution in [2.75, 3.05) is 6.16 Å². The summed E-state index contributed by atoms with van der Waals surface area (Å²) in [5.41, 5.74) is -1.33. The van der Waals surface area contributed by atoms with Crippen molar-refractivity contribution in [3.8, 4) is 0 Å². The van der Waals surface area contributed by atoms with Gasteiger partial charge in [-0.1, -0.05) is 105 Å².